The maximum atomic E-state index is 6.31. The van der Waals surface area contributed by atoms with E-state index in [1.165, 1.54) is 16.7 Å². The van der Waals surface area contributed by atoms with E-state index >= 15 is 0 Å². The maximum absolute atomic E-state index is 6.31. The van der Waals surface area contributed by atoms with Crippen LogP contribution in [0.1, 0.15) is 11.5 Å². The van der Waals surface area contributed by atoms with Gasteiger partial charge in [-0.25, -0.2) is 0 Å². The first-order chi connectivity index (χ1) is 22.3. The van der Waals surface area contributed by atoms with Gasteiger partial charge in [0.2, 0.25) is 0 Å². The van der Waals surface area contributed by atoms with Crippen LogP contribution in [-0.2, 0) is 0 Å². The molecule has 4 aromatic heterocycles. The second kappa shape index (κ2) is 9.28. The molecule has 8 aromatic rings. The Morgan fingerprint density at radius 3 is 2.36 bits per heavy atom. The number of ether oxygens (including phenoxy) is 1. The number of hydrogen-bond donors (Lipinski definition) is 0. The van der Waals surface area contributed by atoms with Crippen LogP contribution >= 0.6 is 0 Å². The molecule has 0 bridgehead atoms. The Bertz CT molecular complexity index is 2500. The molecule has 2 atom stereocenters. The van der Waals surface area contributed by atoms with Crippen LogP contribution in [0, 0.1) is 0 Å². The summed E-state index contributed by atoms with van der Waals surface area (Å²) in [5, 5.41) is 3.25. The van der Waals surface area contributed by atoms with Crippen molar-refractivity contribution < 1.29 is 9.15 Å². The van der Waals surface area contributed by atoms with Gasteiger partial charge < -0.3 is 13.7 Å². The number of allylic oxidation sites excluding steroid dienone is 2. The van der Waals surface area contributed by atoms with Crippen molar-refractivity contribution in [1.82, 2.24) is 14.5 Å². The Morgan fingerprint density at radius 1 is 0.622 bits per heavy atom. The lowest BCUT2D eigenvalue weighted by Crippen LogP contribution is -2.15. The number of rotatable bonds is 3. The van der Waals surface area contributed by atoms with E-state index in [9.17, 15) is 0 Å². The van der Waals surface area contributed by atoms with Crippen molar-refractivity contribution in [2.24, 2.45) is 0 Å². The molecule has 0 saturated carbocycles. The van der Waals surface area contributed by atoms with Crippen LogP contribution in [0.2, 0.25) is 0 Å². The third-order valence-electron chi connectivity index (χ3n) is 9.28. The van der Waals surface area contributed by atoms with Gasteiger partial charge in [-0.05, 0) is 95.1 Å². The molecule has 2 aliphatic rings. The highest BCUT2D eigenvalue weighted by Crippen LogP contribution is 2.43. The van der Waals surface area contributed by atoms with Crippen LogP contribution < -0.4 is 4.74 Å². The van der Waals surface area contributed by atoms with Gasteiger partial charge >= 0.3 is 0 Å². The van der Waals surface area contributed by atoms with E-state index in [-0.39, 0.29) is 12.0 Å². The predicted octanol–water partition coefficient (Wildman–Crippen LogP) is 9.78. The van der Waals surface area contributed by atoms with Gasteiger partial charge in [-0.3, -0.25) is 9.97 Å². The van der Waals surface area contributed by atoms with Gasteiger partial charge in [0, 0.05) is 45.7 Å². The van der Waals surface area contributed by atoms with E-state index in [2.05, 4.69) is 124 Å². The van der Waals surface area contributed by atoms with Crippen LogP contribution in [0.4, 0.5) is 0 Å². The van der Waals surface area contributed by atoms with E-state index in [4.69, 9.17) is 9.15 Å². The van der Waals surface area contributed by atoms with E-state index < -0.39 is 0 Å². The van der Waals surface area contributed by atoms with Crippen molar-refractivity contribution in [1.29, 1.82) is 0 Å². The molecule has 5 heterocycles. The maximum Gasteiger partial charge on any atom is 0.135 e. The SMILES string of the molecule is C1=CC2Oc3ccc(-c4cccc(-c5ccc6oc7ccc(-n8c9cnccc9c9ncccc98)cc7c6c5)c4)cc3C2C=C1. The van der Waals surface area contributed by atoms with Gasteiger partial charge in [0.05, 0.1) is 22.7 Å². The molecule has 0 amide bonds. The average Bonchev–Trinajstić information content (AvgIpc) is 3.77. The fourth-order valence-corrected chi connectivity index (χ4v) is 7.14. The molecular weight excluding hydrogens is 554 g/mol. The highest BCUT2D eigenvalue weighted by molar-refractivity contribution is 6.09. The second-order valence-corrected chi connectivity index (χ2v) is 11.8. The zero-order valence-electron chi connectivity index (χ0n) is 24.1. The first kappa shape index (κ1) is 24.5. The summed E-state index contributed by atoms with van der Waals surface area (Å²) in [6, 6.07) is 34.3. The lowest BCUT2D eigenvalue weighted by Gasteiger charge is -2.14. The molecule has 5 heteroatoms. The smallest absolute Gasteiger partial charge is 0.135 e. The van der Waals surface area contributed by atoms with E-state index in [0.717, 1.165) is 66.4 Å². The van der Waals surface area contributed by atoms with Gasteiger partial charge in [0.25, 0.3) is 0 Å². The molecule has 0 spiro atoms. The highest BCUT2D eigenvalue weighted by atomic mass is 16.5. The molecule has 4 aromatic carbocycles. The summed E-state index contributed by atoms with van der Waals surface area (Å²) in [4.78, 5) is 9.11. The van der Waals surface area contributed by atoms with Gasteiger partial charge in [-0.1, -0.05) is 48.6 Å². The van der Waals surface area contributed by atoms with E-state index in [1.54, 1.807) is 0 Å². The van der Waals surface area contributed by atoms with Crippen LogP contribution in [0.3, 0.4) is 0 Å². The second-order valence-electron chi connectivity index (χ2n) is 11.8. The molecule has 0 N–H and O–H groups in total. The van der Waals surface area contributed by atoms with Crippen molar-refractivity contribution >= 4 is 43.9 Å². The molecule has 0 radical (unpaired) electrons. The third-order valence-corrected chi connectivity index (χ3v) is 9.28. The van der Waals surface area contributed by atoms with E-state index in [1.807, 2.05) is 30.7 Å². The Morgan fingerprint density at radius 2 is 1.42 bits per heavy atom. The first-order valence-corrected chi connectivity index (χ1v) is 15.2. The summed E-state index contributed by atoms with van der Waals surface area (Å²) in [5.74, 6) is 1.25. The highest BCUT2D eigenvalue weighted by Gasteiger charge is 2.32. The Balaban J connectivity index is 1.08. The van der Waals surface area contributed by atoms with Crippen LogP contribution in [0.25, 0.3) is 71.8 Å². The molecule has 5 nitrogen and oxygen atoms in total. The monoisotopic (exact) mass is 579 g/mol. The van der Waals surface area contributed by atoms with E-state index in [0.29, 0.717) is 0 Å². The average molecular weight is 580 g/mol. The zero-order valence-corrected chi connectivity index (χ0v) is 24.1. The Labute approximate surface area is 258 Å². The van der Waals surface area contributed by atoms with Gasteiger partial charge in [-0.2, -0.15) is 0 Å². The molecule has 212 valence electrons. The number of pyridine rings is 2. The van der Waals surface area contributed by atoms with Crippen LogP contribution in [-0.4, -0.2) is 20.6 Å². The topological polar surface area (TPSA) is 53.1 Å². The normalized spacial score (nSPS) is 16.9. The summed E-state index contributed by atoms with van der Waals surface area (Å²) in [6.07, 6.45) is 14.2. The molecule has 45 heavy (non-hydrogen) atoms. The fraction of sp³-hybridized carbons (Fsp3) is 0.0500. The molecule has 2 unspecified atom stereocenters. The number of aromatic nitrogens is 3. The van der Waals surface area contributed by atoms with Crippen molar-refractivity contribution in [2.45, 2.75) is 12.0 Å². The summed E-state index contributed by atoms with van der Waals surface area (Å²) in [7, 11) is 0. The molecule has 10 rings (SSSR count). The summed E-state index contributed by atoms with van der Waals surface area (Å²) in [5.41, 5.74) is 11.8. The number of hydrogen-bond acceptors (Lipinski definition) is 4. The quantitative estimate of drug-likeness (QED) is 0.209. The van der Waals surface area contributed by atoms with Crippen molar-refractivity contribution in [3.8, 4) is 33.7 Å². The minimum atomic E-state index is 0.0897. The molecule has 1 aliphatic carbocycles. The molecule has 0 saturated heterocycles. The Kier molecular flexibility index (Phi) is 5.05. The van der Waals surface area contributed by atoms with Gasteiger partial charge in [0.1, 0.15) is 23.0 Å². The number of benzene rings is 4. The largest absolute Gasteiger partial charge is 0.485 e. The standard InChI is InChI=1S/C40H25N3O2/c1-2-9-36-29(7-1)31-20-26(10-13-37(31)44-36)24-5-3-6-25(19-24)27-11-14-38-32(21-27)33-22-28(12-15-39(33)45-38)43-34-8-4-17-42-40(34)30-16-18-41-23-35(30)43/h1-23,29,36H. The first-order valence-electron chi connectivity index (χ1n) is 15.2. The van der Waals surface area contributed by atoms with Crippen molar-refractivity contribution in [3.63, 3.8) is 0 Å². The third kappa shape index (κ3) is 3.67. The Hall–Kier alpha value is -5.94. The summed E-state index contributed by atoms with van der Waals surface area (Å²) in [6.45, 7) is 0. The number of nitrogens with zero attached hydrogens (tertiary/aromatic N) is 3. The number of furan rings is 1. The van der Waals surface area contributed by atoms with Gasteiger partial charge in [0.15, 0.2) is 0 Å². The minimum Gasteiger partial charge on any atom is -0.485 e. The van der Waals surface area contributed by atoms with Crippen LogP contribution in [0.15, 0.2) is 144 Å². The van der Waals surface area contributed by atoms with Crippen molar-refractivity contribution in [2.75, 3.05) is 0 Å². The van der Waals surface area contributed by atoms with Gasteiger partial charge in [-0.15, -0.1) is 0 Å². The number of fused-ring (bicyclic) bond motifs is 9. The lowest BCUT2D eigenvalue weighted by molar-refractivity contribution is 0.269. The fourth-order valence-electron chi connectivity index (χ4n) is 7.14. The minimum absolute atomic E-state index is 0.0897. The van der Waals surface area contributed by atoms with Crippen molar-refractivity contribution in [3.05, 3.63) is 146 Å². The lowest BCUT2D eigenvalue weighted by atomic mass is 9.89. The predicted molar refractivity (Wildman–Crippen MR) is 180 cm³/mol. The van der Waals surface area contributed by atoms with Crippen LogP contribution in [0.5, 0.6) is 5.75 Å². The zero-order chi connectivity index (χ0) is 29.5. The molecule has 1 aliphatic heterocycles. The molecule has 0 fully saturated rings. The summed E-state index contributed by atoms with van der Waals surface area (Å²) < 4.78 is 14.7. The summed E-state index contributed by atoms with van der Waals surface area (Å²) >= 11 is 0. The molecular formula is C40H25N3O2.